The Morgan fingerprint density at radius 2 is 2.00 bits per heavy atom. The van der Waals surface area contributed by atoms with Gasteiger partial charge in [-0.05, 0) is 31.0 Å². The Morgan fingerprint density at radius 3 is 2.62 bits per heavy atom. The Balaban J connectivity index is 2.24. The molecule has 0 aromatic heterocycles. The number of hydrogen-bond donors (Lipinski definition) is 0. The molecule has 0 saturated heterocycles. The van der Waals surface area contributed by atoms with Gasteiger partial charge in [0, 0.05) is 24.3 Å². The summed E-state index contributed by atoms with van der Waals surface area (Å²) in [5, 5.41) is 0. The maximum Gasteiger partial charge on any atom is 0.150 e. The molecule has 2 rings (SSSR count). The third kappa shape index (κ3) is 2.23. The van der Waals surface area contributed by atoms with Gasteiger partial charge in [0.25, 0.3) is 0 Å². The SMILES string of the molecule is CN(c1cc(F)cc(C=O)c1)C1CCCC1. The predicted octanol–water partition coefficient (Wildman–Crippen LogP) is 3.02. The zero-order valence-corrected chi connectivity index (χ0v) is 9.45. The minimum atomic E-state index is -0.343. The fourth-order valence-electron chi connectivity index (χ4n) is 2.37. The van der Waals surface area contributed by atoms with E-state index in [0.717, 1.165) is 18.5 Å². The smallest absolute Gasteiger partial charge is 0.150 e. The number of carbonyl (C=O) groups excluding carboxylic acids is 1. The zero-order valence-electron chi connectivity index (χ0n) is 9.45. The average molecular weight is 221 g/mol. The van der Waals surface area contributed by atoms with Crippen molar-refractivity contribution >= 4 is 12.0 Å². The summed E-state index contributed by atoms with van der Waals surface area (Å²) in [7, 11) is 1.97. The summed E-state index contributed by atoms with van der Waals surface area (Å²) in [6.07, 6.45) is 5.48. The first-order valence-corrected chi connectivity index (χ1v) is 5.69. The fraction of sp³-hybridized carbons (Fsp3) is 0.462. The van der Waals surface area contributed by atoms with E-state index in [-0.39, 0.29) is 5.82 Å². The molecule has 0 radical (unpaired) electrons. The van der Waals surface area contributed by atoms with Crippen molar-refractivity contribution in [2.45, 2.75) is 31.7 Å². The van der Waals surface area contributed by atoms with Crippen molar-refractivity contribution in [2.24, 2.45) is 0 Å². The third-order valence-electron chi connectivity index (χ3n) is 3.32. The molecule has 0 amide bonds. The predicted molar refractivity (Wildman–Crippen MR) is 62.4 cm³/mol. The molecule has 1 aliphatic carbocycles. The molecule has 0 heterocycles. The highest BCUT2D eigenvalue weighted by molar-refractivity contribution is 5.77. The van der Waals surface area contributed by atoms with Gasteiger partial charge < -0.3 is 4.90 Å². The number of halogens is 1. The lowest BCUT2D eigenvalue weighted by molar-refractivity contribution is 0.112. The largest absolute Gasteiger partial charge is 0.372 e. The van der Waals surface area contributed by atoms with Gasteiger partial charge in [0.1, 0.15) is 12.1 Å². The van der Waals surface area contributed by atoms with Gasteiger partial charge in [-0.25, -0.2) is 4.39 Å². The molecule has 1 aromatic rings. The molecule has 0 N–H and O–H groups in total. The normalized spacial score (nSPS) is 16.4. The topological polar surface area (TPSA) is 20.3 Å². The van der Waals surface area contributed by atoms with E-state index in [4.69, 9.17) is 0 Å². The highest BCUT2D eigenvalue weighted by atomic mass is 19.1. The van der Waals surface area contributed by atoms with Crippen molar-refractivity contribution in [1.29, 1.82) is 0 Å². The summed E-state index contributed by atoms with van der Waals surface area (Å²) < 4.78 is 13.3. The second-order valence-electron chi connectivity index (χ2n) is 4.41. The Bertz CT molecular complexity index is 386. The van der Waals surface area contributed by atoms with E-state index in [0.29, 0.717) is 17.9 Å². The third-order valence-corrected chi connectivity index (χ3v) is 3.32. The Labute approximate surface area is 95.1 Å². The molecule has 0 bridgehead atoms. The maximum absolute atomic E-state index is 13.3. The van der Waals surface area contributed by atoms with Crippen LogP contribution >= 0.6 is 0 Å². The van der Waals surface area contributed by atoms with Crippen LogP contribution in [-0.2, 0) is 0 Å². The standard InChI is InChI=1S/C13H16FNO/c1-15(12-4-2-3-5-12)13-7-10(9-16)6-11(14)8-13/h6-9,12H,2-5H2,1H3. The van der Waals surface area contributed by atoms with Crippen LogP contribution in [0.5, 0.6) is 0 Å². The van der Waals surface area contributed by atoms with Crippen LogP contribution in [0.2, 0.25) is 0 Å². The quantitative estimate of drug-likeness (QED) is 0.731. The average Bonchev–Trinajstić information content (AvgIpc) is 2.80. The van der Waals surface area contributed by atoms with E-state index in [1.54, 1.807) is 6.07 Å². The van der Waals surface area contributed by atoms with Crippen molar-refractivity contribution in [3.05, 3.63) is 29.6 Å². The number of benzene rings is 1. The fourth-order valence-corrected chi connectivity index (χ4v) is 2.37. The van der Waals surface area contributed by atoms with Gasteiger partial charge >= 0.3 is 0 Å². The molecule has 1 fully saturated rings. The molecule has 0 unspecified atom stereocenters. The summed E-state index contributed by atoms with van der Waals surface area (Å²) >= 11 is 0. The van der Waals surface area contributed by atoms with Crippen molar-refractivity contribution < 1.29 is 9.18 Å². The molecule has 0 aliphatic heterocycles. The number of nitrogens with zero attached hydrogens (tertiary/aromatic N) is 1. The molecule has 1 aromatic carbocycles. The molecule has 86 valence electrons. The number of anilines is 1. The molecule has 1 saturated carbocycles. The minimum Gasteiger partial charge on any atom is -0.372 e. The molecule has 3 heteroatoms. The van der Waals surface area contributed by atoms with Crippen molar-refractivity contribution in [1.82, 2.24) is 0 Å². The first-order valence-electron chi connectivity index (χ1n) is 5.69. The van der Waals surface area contributed by atoms with Gasteiger partial charge in [0.15, 0.2) is 0 Å². The van der Waals surface area contributed by atoms with Gasteiger partial charge in [-0.2, -0.15) is 0 Å². The monoisotopic (exact) mass is 221 g/mol. The van der Waals surface area contributed by atoms with Crippen LogP contribution in [0.4, 0.5) is 10.1 Å². The molecular weight excluding hydrogens is 205 g/mol. The molecular formula is C13H16FNO. The first-order chi connectivity index (χ1) is 7.70. The van der Waals surface area contributed by atoms with Gasteiger partial charge in [0.05, 0.1) is 0 Å². The van der Waals surface area contributed by atoms with Crippen LogP contribution in [0.15, 0.2) is 18.2 Å². The van der Waals surface area contributed by atoms with Crippen LogP contribution in [0.3, 0.4) is 0 Å². The molecule has 2 nitrogen and oxygen atoms in total. The minimum absolute atomic E-state index is 0.343. The molecule has 0 atom stereocenters. The van der Waals surface area contributed by atoms with Crippen LogP contribution in [0, 0.1) is 5.82 Å². The lowest BCUT2D eigenvalue weighted by Crippen LogP contribution is -2.28. The van der Waals surface area contributed by atoms with Crippen LogP contribution < -0.4 is 4.90 Å². The number of hydrogen-bond acceptors (Lipinski definition) is 2. The van der Waals surface area contributed by atoms with Crippen LogP contribution in [0.25, 0.3) is 0 Å². The van der Waals surface area contributed by atoms with Gasteiger partial charge in [-0.15, -0.1) is 0 Å². The maximum atomic E-state index is 13.3. The Hall–Kier alpha value is -1.38. The summed E-state index contributed by atoms with van der Waals surface area (Å²) in [4.78, 5) is 12.8. The number of rotatable bonds is 3. The molecule has 0 spiro atoms. The highest BCUT2D eigenvalue weighted by Crippen LogP contribution is 2.27. The van der Waals surface area contributed by atoms with Gasteiger partial charge in [-0.3, -0.25) is 4.79 Å². The lowest BCUT2D eigenvalue weighted by Gasteiger charge is -2.26. The van der Waals surface area contributed by atoms with Crippen LogP contribution in [0.1, 0.15) is 36.0 Å². The van der Waals surface area contributed by atoms with Crippen LogP contribution in [-0.4, -0.2) is 19.4 Å². The second kappa shape index (κ2) is 4.64. The molecule has 1 aliphatic rings. The second-order valence-corrected chi connectivity index (χ2v) is 4.41. The first kappa shape index (κ1) is 11.1. The van der Waals surface area contributed by atoms with E-state index >= 15 is 0 Å². The summed E-state index contributed by atoms with van der Waals surface area (Å²) in [6, 6.07) is 4.99. The van der Waals surface area contributed by atoms with E-state index in [2.05, 4.69) is 4.90 Å². The highest BCUT2D eigenvalue weighted by Gasteiger charge is 2.20. The summed E-state index contributed by atoms with van der Waals surface area (Å²) in [5.41, 5.74) is 1.20. The Kier molecular flexibility index (Phi) is 3.22. The van der Waals surface area contributed by atoms with Crippen molar-refractivity contribution in [3.8, 4) is 0 Å². The van der Waals surface area contributed by atoms with E-state index in [1.807, 2.05) is 7.05 Å². The number of aldehydes is 1. The Morgan fingerprint density at radius 1 is 1.31 bits per heavy atom. The lowest BCUT2D eigenvalue weighted by atomic mass is 10.1. The molecule has 16 heavy (non-hydrogen) atoms. The van der Waals surface area contributed by atoms with E-state index in [1.165, 1.54) is 25.0 Å². The van der Waals surface area contributed by atoms with E-state index in [9.17, 15) is 9.18 Å². The zero-order chi connectivity index (χ0) is 11.5. The van der Waals surface area contributed by atoms with Gasteiger partial charge in [0.2, 0.25) is 0 Å². The number of carbonyl (C=O) groups is 1. The van der Waals surface area contributed by atoms with Gasteiger partial charge in [-0.1, -0.05) is 12.8 Å². The van der Waals surface area contributed by atoms with E-state index < -0.39 is 0 Å². The van der Waals surface area contributed by atoms with Crippen molar-refractivity contribution in [3.63, 3.8) is 0 Å². The summed E-state index contributed by atoms with van der Waals surface area (Å²) in [6.45, 7) is 0. The summed E-state index contributed by atoms with van der Waals surface area (Å²) in [5.74, 6) is -0.343. The van der Waals surface area contributed by atoms with Crippen molar-refractivity contribution in [2.75, 3.05) is 11.9 Å².